The maximum absolute atomic E-state index is 13.1. The van der Waals surface area contributed by atoms with E-state index in [2.05, 4.69) is 29.4 Å². The van der Waals surface area contributed by atoms with Crippen LogP contribution in [0.1, 0.15) is 31.4 Å². The van der Waals surface area contributed by atoms with Crippen LogP contribution in [0.15, 0.2) is 52.4 Å². The molecule has 4 rings (SSSR count). The Labute approximate surface area is 190 Å². The van der Waals surface area contributed by atoms with Crippen molar-refractivity contribution in [3.05, 3.63) is 63.9 Å². The van der Waals surface area contributed by atoms with Gasteiger partial charge in [-0.3, -0.25) is 18.6 Å². The number of para-hydroxylation sites is 2. The third-order valence-corrected chi connectivity index (χ3v) is 6.42. The number of thioether (sulfide) groups is 1. The predicted octanol–water partition coefficient (Wildman–Crippen LogP) is 4.44. The van der Waals surface area contributed by atoms with Crippen molar-refractivity contribution in [2.24, 2.45) is 5.92 Å². The van der Waals surface area contributed by atoms with Crippen molar-refractivity contribution in [1.82, 2.24) is 19.2 Å². The number of nitrogens with one attached hydrogen (secondary N) is 1. The molecule has 0 aliphatic rings. The molecule has 1 N–H and O–H groups in total. The lowest BCUT2D eigenvalue weighted by Crippen LogP contribution is -2.24. The van der Waals surface area contributed by atoms with E-state index in [0.717, 1.165) is 28.8 Å². The summed E-state index contributed by atoms with van der Waals surface area (Å²) in [5, 5.41) is 12.9. The van der Waals surface area contributed by atoms with E-state index in [-0.39, 0.29) is 17.2 Å². The SMILES string of the molecule is Cc1cccc(C)c1NC(=O)CSc1nnc2n(CCC(C)C)c(=O)c3ccccc3n12. The summed E-state index contributed by atoms with van der Waals surface area (Å²) in [5.74, 6) is 1.04. The van der Waals surface area contributed by atoms with E-state index in [1.807, 2.05) is 60.7 Å². The summed E-state index contributed by atoms with van der Waals surface area (Å²) < 4.78 is 3.57. The van der Waals surface area contributed by atoms with Crippen LogP contribution in [0.2, 0.25) is 0 Å². The van der Waals surface area contributed by atoms with E-state index in [0.29, 0.717) is 28.8 Å². The first kappa shape index (κ1) is 22.1. The smallest absolute Gasteiger partial charge is 0.262 e. The Morgan fingerprint density at radius 1 is 1.06 bits per heavy atom. The highest BCUT2D eigenvalue weighted by molar-refractivity contribution is 7.99. The summed E-state index contributed by atoms with van der Waals surface area (Å²) in [7, 11) is 0. The summed E-state index contributed by atoms with van der Waals surface area (Å²) in [6.45, 7) is 8.78. The molecule has 0 unspecified atom stereocenters. The number of carbonyl (C=O) groups excluding carboxylic acids is 1. The van der Waals surface area contributed by atoms with E-state index in [4.69, 9.17) is 0 Å². The van der Waals surface area contributed by atoms with Crippen molar-refractivity contribution >= 4 is 40.0 Å². The zero-order chi connectivity index (χ0) is 22.8. The molecule has 0 saturated carbocycles. The summed E-state index contributed by atoms with van der Waals surface area (Å²) in [6.07, 6.45) is 0.863. The van der Waals surface area contributed by atoms with Crippen LogP contribution in [0, 0.1) is 19.8 Å². The molecule has 7 nitrogen and oxygen atoms in total. The fraction of sp³-hybridized carbons (Fsp3) is 0.333. The lowest BCUT2D eigenvalue weighted by atomic mass is 10.1. The minimum absolute atomic E-state index is 0.0644. The highest BCUT2D eigenvalue weighted by Gasteiger charge is 2.18. The van der Waals surface area contributed by atoms with Gasteiger partial charge in [-0.25, -0.2) is 0 Å². The number of rotatable bonds is 7. The Hall–Kier alpha value is -3.13. The lowest BCUT2D eigenvalue weighted by molar-refractivity contribution is -0.113. The van der Waals surface area contributed by atoms with Gasteiger partial charge in [-0.1, -0.05) is 55.9 Å². The first-order valence-corrected chi connectivity index (χ1v) is 11.7. The highest BCUT2D eigenvalue weighted by atomic mass is 32.2. The Morgan fingerprint density at radius 3 is 2.50 bits per heavy atom. The number of aromatic nitrogens is 4. The number of carbonyl (C=O) groups is 1. The van der Waals surface area contributed by atoms with E-state index < -0.39 is 0 Å². The normalized spacial score (nSPS) is 11.5. The van der Waals surface area contributed by atoms with Crippen LogP contribution in [-0.4, -0.2) is 30.8 Å². The maximum Gasteiger partial charge on any atom is 0.262 e. The topological polar surface area (TPSA) is 81.3 Å². The van der Waals surface area contributed by atoms with Gasteiger partial charge in [-0.05, 0) is 49.4 Å². The van der Waals surface area contributed by atoms with Crippen molar-refractivity contribution in [1.29, 1.82) is 0 Å². The van der Waals surface area contributed by atoms with Gasteiger partial charge in [0, 0.05) is 12.2 Å². The zero-order valence-corrected chi connectivity index (χ0v) is 19.6. The van der Waals surface area contributed by atoms with Gasteiger partial charge in [0.05, 0.1) is 16.7 Å². The third kappa shape index (κ3) is 4.27. The number of aryl methyl sites for hydroxylation is 3. The standard InChI is InChI=1S/C24H27N5O2S/c1-15(2)12-13-28-22(31)18-10-5-6-11-19(18)29-23(28)26-27-24(29)32-14-20(30)25-21-16(3)8-7-9-17(21)4/h5-11,15H,12-14H2,1-4H3,(H,25,30). The molecule has 32 heavy (non-hydrogen) atoms. The lowest BCUT2D eigenvalue weighted by Gasteiger charge is -2.13. The molecular formula is C24H27N5O2S. The molecule has 0 fully saturated rings. The Kier molecular flexibility index (Phi) is 6.32. The Morgan fingerprint density at radius 2 is 1.78 bits per heavy atom. The van der Waals surface area contributed by atoms with Crippen LogP contribution in [0.25, 0.3) is 16.7 Å². The van der Waals surface area contributed by atoms with E-state index in [1.165, 1.54) is 11.8 Å². The molecule has 2 heterocycles. The number of amides is 1. The van der Waals surface area contributed by atoms with Gasteiger partial charge in [0.2, 0.25) is 11.7 Å². The van der Waals surface area contributed by atoms with Crippen LogP contribution < -0.4 is 10.9 Å². The minimum atomic E-state index is -0.110. The Bertz CT molecular complexity index is 1340. The molecule has 2 aromatic carbocycles. The second-order valence-corrected chi connectivity index (χ2v) is 9.32. The van der Waals surface area contributed by atoms with E-state index in [9.17, 15) is 9.59 Å². The number of fused-ring (bicyclic) bond motifs is 3. The fourth-order valence-corrected chi connectivity index (χ4v) is 4.47. The predicted molar refractivity (Wildman–Crippen MR) is 129 cm³/mol. The second-order valence-electron chi connectivity index (χ2n) is 8.38. The van der Waals surface area contributed by atoms with Crippen LogP contribution >= 0.6 is 11.8 Å². The summed E-state index contributed by atoms with van der Waals surface area (Å²) >= 11 is 1.31. The van der Waals surface area contributed by atoms with Crippen molar-refractivity contribution in [2.45, 2.75) is 45.8 Å². The number of hydrogen-bond donors (Lipinski definition) is 1. The Balaban J connectivity index is 1.66. The highest BCUT2D eigenvalue weighted by Crippen LogP contribution is 2.24. The van der Waals surface area contributed by atoms with Gasteiger partial charge in [-0.2, -0.15) is 0 Å². The largest absolute Gasteiger partial charge is 0.325 e. The first-order valence-electron chi connectivity index (χ1n) is 10.7. The summed E-state index contributed by atoms with van der Waals surface area (Å²) in [5.41, 5.74) is 3.58. The van der Waals surface area contributed by atoms with Gasteiger partial charge in [0.15, 0.2) is 5.16 Å². The molecule has 0 saturated heterocycles. The first-order chi connectivity index (χ1) is 15.4. The van der Waals surface area contributed by atoms with E-state index >= 15 is 0 Å². The van der Waals surface area contributed by atoms with E-state index in [1.54, 1.807) is 4.57 Å². The molecular weight excluding hydrogens is 422 g/mol. The molecule has 0 aliphatic heterocycles. The quantitative estimate of drug-likeness (QED) is 0.422. The molecule has 8 heteroatoms. The number of hydrogen-bond acceptors (Lipinski definition) is 5. The molecule has 2 aromatic heterocycles. The number of nitrogens with zero attached hydrogens (tertiary/aromatic N) is 4. The minimum Gasteiger partial charge on any atom is -0.325 e. The molecule has 4 aromatic rings. The third-order valence-electron chi connectivity index (χ3n) is 5.49. The van der Waals surface area contributed by atoms with Crippen LogP contribution in [0.5, 0.6) is 0 Å². The molecule has 0 atom stereocenters. The average molecular weight is 450 g/mol. The molecule has 0 spiro atoms. The molecule has 1 amide bonds. The molecule has 0 aliphatic carbocycles. The summed E-state index contributed by atoms with van der Waals surface area (Å²) in [4.78, 5) is 25.8. The maximum atomic E-state index is 13.1. The van der Waals surface area contributed by atoms with Gasteiger partial charge >= 0.3 is 0 Å². The van der Waals surface area contributed by atoms with Crippen molar-refractivity contribution in [3.63, 3.8) is 0 Å². The van der Waals surface area contributed by atoms with Gasteiger partial charge in [0.25, 0.3) is 5.56 Å². The van der Waals surface area contributed by atoms with Crippen molar-refractivity contribution in [3.8, 4) is 0 Å². The van der Waals surface area contributed by atoms with Gasteiger partial charge in [-0.15, -0.1) is 10.2 Å². The van der Waals surface area contributed by atoms with Crippen molar-refractivity contribution in [2.75, 3.05) is 11.1 Å². The van der Waals surface area contributed by atoms with Crippen LogP contribution in [0.4, 0.5) is 5.69 Å². The zero-order valence-electron chi connectivity index (χ0n) is 18.8. The fourth-order valence-electron chi connectivity index (χ4n) is 3.73. The van der Waals surface area contributed by atoms with Crippen LogP contribution in [0.3, 0.4) is 0 Å². The number of anilines is 1. The second kappa shape index (κ2) is 9.16. The molecule has 0 radical (unpaired) electrons. The van der Waals surface area contributed by atoms with Gasteiger partial charge in [0.1, 0.15) is 0 Å². The molecule has 166 valence electrons. The monoisotopic (exact) mass is 449 g/mol. The van der Waals surface area contributed by atoms with Crippen molar-refractivity contribution < 1.29 is 4.79 Å². The average Bonchev–Trinajstić information content (AvgIpc) is 3.19. The number of benzene rings is 2. The van der Waals surface area contributed by atoms with Gasteiger partial charge < -0.3 is 5.32 Å². The molecule has 0 bridgehead atoms. The summed E-state index contributed by atoms with van der Waals surface area (Å²) in [6, 6.07) is 13.4. The van der Waals surface area contributed by atoms with Crippen LogP contribution in [-0.2, 0) is 11.3 Å².